The zero-order valence-corrected chi connectivity index (χ0v) is 6.18. The van der Waals surface area contributed by atoms with Gasteiger partial charge in [-0.25, -0.2) is 0 Å². The van der Waals surface area contributed by atoms with Crippen molar-refractivity contribution in [3.05, 3.63) is 28.3 Å². The van der Waals surface area contributed by atoms with Crippen LogP contribution in [-0.4, -0.2) is 15.3 Å². The van der Waals surface area contributed by atoms with Crippen LogP contribution >= 0.6 is 0 Å². The van der Waals surface area contributed by atoms with E-state index in [1.807, 2.05) is 0 Å². The molecule has 13 heavy (non-hydrogen) atoms. The van der Waals surface area contributed by atoms with Gasteiger partial charge in [0.2, 0.25) is 5.52 Å². The van der Waals surface area contributed by atoms with Gasteiger partial charge < -0.3 is 9.23 Å². The SMILES string of the molecule is O=[N+]([O-])c1cccc2onnc12.[F-]. The molecule has 0 fully saturated rings. The van der Waals surface area contributed by atoms with Crippen LogP contribution in [0.3, 0.4) is 0 Å². The van der Waals surface area contributed by atoms with Gasteiger partial charge in [-0.2, -0.15) is 0 Å². The molecule has 0 aliphatic rings. The summed E-state index contributed by atoms with van der Waals surface area (Å²) < 4.78 is 4.64. The lowest BCUT2D eigenvalue weighted by Crippen LogP contribution is -3.00. The summed E-state index contributed by atoms with van der Waals surface area (Å²) in [5, 5.41) is 17.1. The van der Waals surface area contributed by atoms with Crippen LogP contribution in [-0.2, 0) is 0 Å². The van der Waals surface area contributed by atoms with Crippen LogP contribution in [0.25, 0.3) is 11.1 Å². The van der Waals surface area contributed by atoms with Gasteiger partial charge in [-0.1, -0.05) is 6.07 Å². The van der Waals surface area contributed by atoms with Crippen molar-refractivity contribution in [2.75, 3.05) is 0 Å². The van der Waals surface area contributed by atoms with Crippen molar-refractivity contribution >= 4 is 16.8 Å². The Morgan fingerprint density at radius 3 is 2.92 bits per heavy atom. The first kappa shape index (κ1) is 9.04. The molecule has 0 atom stereocenters. The normalized spacial score (nSPS) is 9.54. The molecule has 0 radical (unpaired) electrons. The Kier molecular flexibility index (Phi) is 2.18. The van der Waals surface area contributed by atoms with E-state index in [1.165, 1.54) is 12.1 Å². The van der Waals surface area contributed by atoms with Crippen molar-refractivity contribution < 1.29 is 14.2 Å². The molecule has 0 bridgehead atoms. The molecule has 2 rings (SSSR count). The van der Waals surface area contributed by atoms with E-state index in [2.05, 4.69) is 14.9 Å². The number of hydrogen-bond acceptors (Lipinski definition) is 5. The Labute approximate surface area is 70.6 Å². The Hall–Kier alpha value is -2.05. The van der Waals surface area contributed by atoms with Gasteiger partial charge in [0.25, 0.3) is 0 Å². The van der Waals surface area contributed by atoms with Crippen molar-refractivity contribution in [1.29, 1.82) is 0 Å². The predicted molar refractivity (Wildman–Crippen MR) is 38.5 cm³/mol. The molecule has 0 aliphatic carbocycles. The molecule has 0 unspecified atom stereocenters. The number of aromatic nitrogens is 2. The van der Waals surface area contributed by atoms with Crippen LogP contribution in [0.15, 0.2) is 22.7 Å². The number of benzene rings is 1. The summed E-state index contributed by atoms with van der Waals surface area (Å²) in [6, 6.07) is 4.45. The van der Waals surface area contributed by atoms with Crippen molar-refractivity contribution in [2.45, 2.75) is 0 Å². The summed E-state index contributed by atoms with van der Waals surface area (Å²) >= 11 is 0. The molecule has 68 valence electrons. The maximum absolute atomic E-state index is 10.4. The Morgan fingerprint density at radius 1 is 1.46 bits per heavy atom. The molecule has 7 heteroatoms. The molecule has 0 aliphatic heterocycles. The zero-order valence-electron chi connectivity index (χ0n) is 6.18. The van der Waals surface area contributed by atoms with Gasteiger partial charge in [-0.05, 0) is 6.07 Å². The summed E-state index contributed by atoms with van der Waals surface area (Å²) in [4.78, 5) is 9.89. The fourth-order valence-electron chi connectivity index (χ4n) is 0.937. The number of nitrogens with zero attached hydrogens (tertiary/aromatic N) is 3. The van der Waals surface area contributed by atoms with Gasteiger partial charge in [-0.15, -0.1) is 5.10 Å². The fourth-order valence-corrected chi connectivity index (χ4v) is 0.937. The summed E-state index contributed by atoms with van der Waals surface area (Å²) in [6.07, 6.45) is 0. The van der Waals surface area contributed by atoms with Gasteiger partial charge in [0.15, 0.2) is 5.58 Å². The monoisotopic (exact) mass is 184 g/mol. The van der Waals surface area contributed by atoms with Gasteiger partial charge in [0.05, 0.1) is 4.92 Å². The first-order valence-electron chi connectivity index (χ1n) is 3.14. The van der Waals surface area contributed by atoms with Crippen LogP contribution in [0.4, 0.5) is 5.69 Å². The Balaban J connectivity index is 0.000000845. The largest absolute Gasteiger partial charge is 1.00 e. The van der Waals surface area contributed by atoms with Crippen LogP contribution < -0.4 is 4.70 Å². The van der Waals surface area contributed by atoms with E-state index in [0.717, 1.165) is 0 Å². The third-order valence-corrected chi connectivity index (χ3v) is 1.45. The van der Waals surface area contributed by atoms with Gasteiger partial charge in [0.1, 0.15) is 0 Å². The molecule has 0 spiro atoms. The molecule has 1 aromatic carbocycles. The van der Waals surface area contributed by atoms with Crippen LogP contribution in [0.5, 0.6) is 0 Å². The number of nitro groups is 1. The van der Waals surface area contributed by atoms with Crippen LogP contribution in [0, 0.1) is 10.1 Å². The van der Waals surface area contributed by atoms with E-state index in [9.17, 15) is 10.1 Å². The first-order chi connectivity index (χ1) is 5.79. The number of nitro benzene ring substituents is 1. The highest BCUT2D eigenvalue weighted by Gasteiger charge is 2.14. The van der Waals surface area contributed by atoms with E-state index in [1.54, 1.807) is 6.07 Å². The average Bonchev–Trinajstić information content (AvgIpc) is 2.49. The summed E-state index contributed by atoms with van der Waals surface area (Å²) in [7, 11) is 0. The highest BCUT2D eigenvalue weighted by molar-refractivity contribution is 5.81. The van der Waals surface area contributed by atoms with E-state index < -0.39 is 4.92 Å². The summed E-state index contributed by atoms with van der Waals surface area (Å²) in [6.45, 7) is 0. The Bertz CT molecular complexity index is 441. The lowest BCUT2D eigenvalue weighted by Gasteiger charge is -1.87. The molecule has 0 amide bonds. The summed E-state index contributed by atoms with van der Waals surface area (Å²) in [5.74, 6) is 0. The van der Waals surface area contributed by atoms with Crippen LogP contribution in [0.1, 0.15) is 0 Å². The highest BCUT2D eigenvalue weighted by atomic mass is 19.0. The van der Waals surface area contributed by atoms with E-state index in [4.69, 9.17) is 0 Å². The predicted octanol–water partition coefficient (Wildman–Crippen LogP) is -1.86. The summed E-state index contributed by atoms with van der Waals surface area (Å²) in [5.41, 5.74) is 0.417. The minimum atomic E-state index is -0.521. The van der Waals surface area contributed by atoms with E-state index in [-0.39, 0.29) is 15.9 Å². The van der Waals surface area contributed by atoms with Gasteiger partial charge in [-0.3, -0.25) is 10.1 Å². The lowest BCUT2D eigenvalue weighted by molar-refractivity contribution is -0.383. The standard InChI is InChI=1S/C6H3N3O3.FH/c10-9(11)4-2-1-3-5-6(4)7-8-12-5;/h1-3H;1H/p-1. The van der Waals surface area contributed by atoms with Gasteiger partial charge in [0, 0.05) is 11.3 Å². The molecule has 0 saturated heterocycles. The van der Waals surface area contributed by atoms with Gasteiger partial charge >= 0.3 is 5.69 Å². The number of hydrogen-bond donors (Lipinski definition) is 0. The molecule has 6 nitrogen and oxygen atoms in total. The number of non-ortho nitro benzene ring substituents is 1. The smallest absolute Gasteiger partial charge is 0.300 e. The lowest BCUT2D eigenvalue weighted by atomic mass is 10.3. The third-order valence-electron chi connectivity index (χ3n) is 1.45. The number of fused-ring (bicyclic) bond motifs is 1. The second-order valence-corrected chi connectivity index (χ2v) is 2.15. The maximum atomic E-state index is 10.4. The quantitative estimate of drug-likeness (QED) is 0.383. The fraction of sp³-hybridized carbons (Fsp3) is 0. The van der Waals surface area contributed by atoms with Crippen LogP contribution in [0.2, 0.25) is 0 Å². The topological polar surface area (TPSA) is 82.1 Å². The molecule has 0 saturated carbocycles. The second kappa shape index (κ2) is 3.13. The van der Waals surface area contributed by atoms with E-state index >= 15 is 0 Å². The molecule has 0 N–H and O–H groups in total. The van der Waals surface area contributed by atoms with Crippen molar-refractivity contribution in [2.24, 2.45) is 0 Å². The van der Waals surface area contributed by atoms with Crippen molar-refractivity contribution in [3.63, 3.8) is 0 Å². The molecular formula is C6H3FN3O3-. The number of halogens is 1. The Morgan fingerprint density at radius 2 is 2.23 bits per heavy atom. The number of rotatable bonds is 1. The maximum Gasteiger partial charge on any atom is 0.300 e. The molecule has 1 aromatic heterocycles. The molecular weight excluding hydrogens is 181 g/mol. The second-order valence-electron chi connectivity index (χ2n) is 2.15. The third kappa shape index (κ3) is 1.31. The highest BCUT2D eigenvalue weighted by Crippen LogP contribution is 2.21. The minimum absolute atomic E-state index is 0. The average molecular weight is 184 g/mol. The van der Waals surface area contributed by atoms with Crippen molar-refractivity contribution in [3.8, 4) is 0 Å². The minimum Gasteiger partial charge on any atom is -1.00 e. The van der Waals surface area contributed by atoms with Crippen molar-refractivity contribution in [1.82, 2.24) is 10.4 Å². The van der Waals surface area contributed by atoms with E-state index in [0.29, 0.717) is 5.58 Å². The first-order valence-corrected chi connectivity index (χ1v) is 3.14. The molecule has 2 aromatic rings. The molecule has 1 heterocycles. The zero-order chi connectivity index (χ0) is 8.55.